The first kappa shape index (κ1) is 28.6. The van der Waals surface area contributed by atoms with Gasteiger partial charge < -0.3 is 41.6 Å². The lowest BCUT2D eigenvalue weighted by molar-refractivity contribution is -0.145. The molecule has 13 heteroatoms. The summed E-state index contributed by atoms with van der Waals surface area (Å²) in [6, 6.07) is -3.04. The molecule has 3 amide bonds. The third-order valence-corrected chi connectivity index (χ3v) is 8.56. The lowest BCUT2D eigenvalue weighted by Crippen LogP contribution is -2.57. The molecule has 0 unspecified atom stereocenters. The third-order valence-electron chi connectivity index (χ3n) is 8.56. The Bertz CT molecular complexity index is 962. The number of aliphatic imine (C=N–C) groups is 1. The summed E-state index contributed by atoms with van der Waals surface area (Å²) in [4.78, 5) is 67.6. The summed E-state index contributed by atoms with van der Waals surface area (Å²) in [6.45, 7) is 0.535. The zero-order chi connectivity index (χ0) is 28.2. The average Bonchev–Trinajstić information content (AvgIpc) is 3.33. The van der Waals surface area contributed by atoms with Crippen LogP contribution in [-0.4, -0.2) is 82.9 Å². The number of hydrogen-bond donors (Lipinski definition) is 5. The zero-order valence-corrected chi connectivity index (χ0v) is 22.2. The second kappa shape index (κ2) is 12.2. The summed E-state index contributed by atoms with van der Waals surface area (Å²) in [6.07, 6.45) is 6.78. The lowest BCUT2D eigenvalue weighted by Gasteiger charge is -2.55. The largest absolute Gasteiger partial charge is 0.481 e. The maximum absolute atomic E-state index is 13.4. The normalized spacial score (nSPS) is 30.2. The van der Waals surface area contributed by atoms with Gasteiger partial charge in [0.2, 0.25) is 11.8 Å². The number of aldehydes is 1. The van der Waals surface area contributed by atoms with Gasteiger partial charge >= 0.3 is 12.1 Å². The van der Waals surface area contributed by atoms with Crippen molar-refractivity contribution in [1.82, 2.24) is 15.5 Å². The predicted octanol–water partition coefficient (Wildman–Crippen LogP) is 0.253. The van der Waals surface area contributed by atoms with Crippen molar-refractivity contribution in [3.63, 3.8) is 0 Å². The molecule has 216 valence electrons. The number of likely N-dealkylation sites (tertiary alicyclic amines) is 1. The fourth-order valence-electron chi connectivity index (χ4n) is 7.37. The highest BCUT2D eigenvalue weighted by molar-refractivity contribution is 5.94. The summed E-state index contributed by atoms with van der Waals surface area (Å²) in [5.41, 5.74) is 10.0. The van der Waals surface area contributed by atoms with Gasteiger partial charge in [-0.3, -0.25) is 19.4 Å². The van der Waals surface area contributed by atoms with Gasteiger partial charge in [-0.15, -0.1) is 0 Å². The number of aliphatic carboxylic acids is 1. The minimum absolute atomic E-state index is 0.0619. The number of guanidine groups is 1. The first-order valence-electron chi connectivity index (χ1n) is 13.9. The molecule has 0 aromatic heterocycles. The van der Waals surface area contributed by atoms with E-state index < -0.39 is 54.0 Å². The molecule has 5 fully saturated rings. The third kappa shape index (κ3) is 7.18. The molecule has 1 saturated heterocycles. The molecule has 39 heavy (non-hydrogen) atoms. The van der Waals surface area contributed by atoms with Crippen molar-refractivity contribution < 1.29 is 33.8 Å². The molecule has 4 aliphatic carbocycles. The minimum atomic E-state index is -1.38. The Morgan fingerprint density at radius 2 is 1.72 bits per heavy atom. The van der Waals surface area contributed by atoms with E-state index >= 15 is 0 Å². The molecule has 0 aromatic rings. The first-order chi connectivity index (χ1) is 18.6. The molecule has 4 saturated carbocycles. The Kier molecular flexibility index (Phi) is 8.96. The van der Waals surface area contributed by atoms with Crippen LogP contribution in [0.15, 0.2) is 4.99 Å². The van der Waals surface area contributed by atoms with E-state index in [4.69, 9.17) is 16.2 Å². The van der Waals surface area contributed by atoms with Crippen molar-refractivity contribution in [3.8, 4) is 0 Å². The SMILES string of the molecule is NC(N)=NCCC[C@@H](C=O)NC(=O)[C@@H]1CCCN1C(=O)[C@H](CC(=O)O)NC(=O)OC12CC3CC(CC(C3)C1)C2. The van der Waals surface area contributed by atoms with Gasteiger partial charge in [-0.05, 0) is 82.0 Å². The zero-order valence-electron chi connectivity index (χ0n) is 22.2. The molecule has 3 atom stereocenters. The molecule has 5 rings (SSSR count). The van der Waals surface area contributed by atoms with Gasteiger partial charge in [0.15, 0.2) is 5.96 Å². The molecular weight excluding hydrogens is 508 g/mol. The number of carboxylic acid groups (broad SMARTS) is 1. The van der Waals surface area contributed by atoms with Crippen molar-refractivity contribution in [3.05, 3.63) is 0 Å². The van der Waals surface area contributed by atoms with Crippen LogP contribution in [0, 0.1) is 17.8 Å². The molecule has 0 aromatic carbocycles. The van der Waals surface area contributed by atoms with Crippen LogP contribution in [0.2, 0.25) is 0 Å². The molecular formula is C26H40N6O7. The maximum Gasteiger partial charge on any atom is 0.408 e. The van der Waals surface area contributed by atoms with E-state index in [-0.39, 0.29) is 12.5 Å². The van der Waals surface area contributed by atoms with Crippen LogP contribution in [0.5, 0.6) is 0 Å². The summed E-state index contributed by atoms with van der Waals surface area (Å²) in [5, 5.41) is 14.6. The van der Waals surface area contributed by atoms with Crippen molar-refractivity contribution >= 4 is 36.1 Å². The van der Waals surface area contributed by atoms with E-state index in [9.17, 15) is 29.1 Å². The van der Waals surface area contributed by atoms with E-state index in [2.05, 4.69) is 15.6 Å². The molecule has 1 heterocycles. The summed E-state index contributed by atoms with van der Waals surface area (Å²) in [5.74, 6) is -0.847. The topological polar surface area (TPSA) is 207 Å². The number of hydrogen-bond acceptors (Lipinski definition) is 7. The highest BCUT2D eigenvalue weighted by Gasteiger charge is 2.53. The fourth-order valence-corrected chi connectivity index (χ4v) is 7.37. The Morgan fingerprint density at radius 1 is 1.08 bits per heavy atom. The standard InChI is InChI=1S/C26H40N6O7/c27-24(28)29-5-1-3-18(14-33)30-22(36)20-4-2-6-32(20)23(37)19(10-21(34)35)31-25(38)39-26-11-15-7-16(12-26)9-17(8-15)13-26/h14-20H,1-13H2,(H,30,36)(H,31,38)(H,34,35)(H4,27,28,29)/t15?,16?,17?,18-,19-,20-,26?/m0/s1. The highest BCUT2D eigenvalue weighted by atomic mass is 16.6. The smallest absolute Gasteiger partial charge is 0.408 e. The summed E-state index contributed by atoms with van der Waals surface area (Å²) >= 11 is 0. The van der Waals surface area contributed by atoms with Crippen LogP contribution >= 0.6 is 0 Å². The maximum atomic E-state index is 13.4. The van der Waals surface area contributed by atoms with Gasteiger partial charge in [0.1, 0.15) is 24.0 Å². The number of alkyl carbamates (subject to hydrolysis) is 1. The van der Waals surface area contributed by atoms with Gasteiger partial charge in [0.25, 0.3) is 0 Å². The summed E-state index contributed by atoms with van der Waals surface area (Å²) in [7, 11) is 0. The van der Waals surface area contributed by atoms with Gasteiger partial charge in [0, 0.05) is 13.1 Å². The molecule has 0 spiro atoms. The molecule has 5 aliphatic rings. The van der Waals surface area contributed by atoms with E-state index in [0.717, 1.165) is 19.3 Å². The van der Waals surface area contributed by atoms with Crippen LogP contribution in [0.3, 0.4) is 0 Å². The quantitative estimate of drug-likeness (QED) is 0.0979. The molecule has 1 aliphatic heterocycles. The van der Waals surface area contributed by atoms with Crippen LogP contribution in [0.25, 0.3) is 0 Å². The van der Waals surface area contributed by atoms with Crippen LogP contribution in [0.4, 0.5) is 4.79 Å². The number of carboxylic acids is 1. The van der Waals surface area contributed by atoms with Crippen molar-refractivity contribution in [2.45, 2.75) is 94.4 Å². The average molecular weight is 549 g/mol. The van der Waals surface area contributed by atoms with Crippen LogP contribution in [0.1, 0.15) is 70.6 Å². The fraction of sp³-hybridized carbons (Fsp3) is 0.769. The highest BCUT2D eigenvalue weighted by Crippen LogP contribution is 2.57. The number of carbonyl (C=O) groups is 5. The predicted molar refractivity (Wildman–Crippen MR) is 139 cm³/mol. The molecule has 4 bridgehead atoms. The lowest BCUT2D eigenvalue weighted by atomic mass is 9.54. The molecule has 13 nitrogen and oxygen atoms in total. The summed E-state index contributed by atoms with van der Waals surface area (Å²) < 4.78 is 5.92. The number of nitrogens with two attached hydrogens (primary N) is 2. The Hall–Kier alpha value is -3.38. The van der Waals surface area contributed by atoms with Crippen LogP contribution in [-0.2, 0) is 23.9 Å². The Morgan fingerprint density at radius 3 is 2.28 bits per heavy atom. The number of carbonyl (C=O) groups excluding carboxylic acids is 4. The number of nitrogens with one attached hydrogen (secondary N) is 2. The van der Waals surface area contributed by atoms with Crippen LogP contribution < -0.4 is 22.1 Å². The van der Waals surface area contributed by atoms with E-state index in [1.54, 1.807) is 0 Å². The Labute approximate surface area is 227 Å². The minimum Gasteiger partial charge on any atom is -0.481 e. The number of rotatable bonds is 12. The van der Waals surface area contributed by atoms with Gasteiger partial charge in [-0.25, -0.2) is 4.79 Å². The number of ether oxygens (including phenoxy) is 1. The first-order valence-corrected chi connectivity index (χ1v) is 13.9. The van der Waals surface area contributed by atoms with Crippen molar-refractivity contribution in [1.29, 1.82) is 0 Å². The van der Waals surface area contributed by atoms with Gasteiger partial charge in [-0.2, -0.15) is 0 Å². The molecule has 0 radical (unpaired) electrons. The second-order valence-corrected chi connectivity index (χ2v) is 11.7. The van der Waals surface area contributed by atoms with Crippen molar-refractivity contribution in [2.24, 2.45) is 34.2 Å². The van der Waals surface area contributed by atoms with E-state index in [1.165, 1.54) is 24.2 Å². The van der Waals surface area contributed by atoms with Gasteiger partial charge in [0.05, 0.1) is 12.5 Å². The van der Waals surface area contributed by atoms with E-state index in [1.807, 2.05) is 0 Å². The van der Waals surface area contributed by atoms with E-state index in [0.29, 0.717) is 56.3 Å². The second-order valence-electron chi connectivity index (χ2n) is 11.7. The number of nitrogens with zero attached hydrogens (tertiary/aromatic N) is 2. The molecule has 7 N–H and O–H groups in total. The Balaban J connectivity index is 1.36. The number of amides is 3. The van der Waals surface area contributed by atoms with Gasteiger partial charge in [-0.1, -0.05) is 0 Å². The van der Waals surface area contributed by atoms with Crippen molar-refractivity contribution in [2.75, 3.05) is 13.1 Å². The monoisotopic (exact) mass is 548 g/mol.